The van der Waals surface area contributed by atoms with Crippen LogP contribution in [0.2, 0.25) is 0 Å². The van der Waals surface area contributed by atoms with E-state index < -0.39 is 5.60 Å². The smallest absolute Gasteiger partial charge is 0.350 e. The van der Waals surface area contributed by atoms with Crippen molar-refractivity contribution in [3.8, 4) is 5.75 Å². The molecule has 144 valence electrons. The van der Waals surface area contributed by atoms with Crippen LogP contribution in [0.4, 0.5) is 0 Å². The second-order valence-corrected chi connectivity index (χ2v) is 8.85. The third kappa shape index (κ3) is 5.33. The number of benzene rings is 1. The fourth-order valence-electron chi connectivity index (χ4n) is 3.89. The van der Waals surface area contributed by atoms with E-state index in [1.807, 2.05) is 6.92 Å². The monoisotopic (exact) mass is 360 g/mol. The number of ether oxygens (including phenoxy) is 2. The maximum absolute atomic E-state index is 12.7. The Bertz CT molecular complexity index is 643. The lowest BCUT2D eigenvalue weighted by molar-refractivity contribution is -0.169. The summed E-state index contributed by atoms with van der Waals surface area (Å²) in [6, 6.07) is 6.91. The number of carbonyl (C=O) groups excluding carboxylic acids is 2. The Morgan fingerprint density at radius 3 is 2.31 bits per heavy atom. The van der Waals surface area contributed by atoms with E-state index in [1.54, 1.807) is 38.1 Å². The summed E-state index contributed by atoms with van der Waals surface area (Å²) in [5.74, 6) is 0.839. The Balaban J connectivity index is 2.00. The summed E-state index contributed by atoms with van der Waals surface area (Å²) in [5.41, 5.74) is -0.241. The van der Waals surface area contributed by atoms with E-state index in [1.165, 1.54) is 0 Å². The van der Waals surface area contributed by atoms with Crippen LogP contribution in [0.5, 0.6) is 5.75 Å². The van der Waals surface area contributed by atoms with Gasteiger partial charge in [-0.25, -0.2) is 4.79 Å². The van der Waals surface area contributed by atoms with E-state index >= 15 is 0 Å². The third-order valence-electron chi connectivity index (χ3n) is 4.98. The highest BCUT2D eigenvalue weighted by Crippen LogP contribution is 2.40. The normalized spacial score (nSPS) is 22.5. The summed E-state index contributed by atoms with van der Waals surface area (Å²) in [5, 5.41) is 0. The zero-order chi connectivity index (χ0) is 19.5. The summed E-state index contributed by atoms with van der Waals surface area (Å²) >= 11 is 0. The lowest BCUT2D eigenvalue weighted by Gasteiger charge is -2.39. The summed E-state index contributed by atoms with van der Waals surface area (Å²) < 4.78 is 11.7. The molecule has 0 bridgehead atoms. The van der Waals surface area contributed by atoms with Crippen molar-refractivity contribution in [2.45, 2.75) is 78.9 Å². The molecule has 1 aromatic carbocycles. The quantitative estimate of drug-likeness (QED) is 0.517. The number of ketones is 1. The Morgan fingerprint density at radius 2 is 1.77 bits per heavy atom. The number of Topliss-reactive ketones (excluding diaryl/α,β-unsaturated/α-hetero) is 1. The molecule has 4 nitrogen and oxygen atoms in total. The van der Waals surface area contributed by atoms with Crippen molar-refractivity contribution in [2.24, 2.45) is 11.3 Å². The van der Waals surface area contributed by atoms with Gasteiger partial charge in [0.15, 0.2) is 11.4 Å². The highest BCUT2D eigenvalue weighted by Gasteiger charge is 2.38. The first-order valence-electron chi connectivity index (χ1n) is 9.56. The Kier molecular flexibility index (Phi) is 6.15. The lowest BCUT2D eigenvalue weighted by atomic mass is 9.71. The molecule has 1 aliphatic rings. The van der Waals surface area contributed by atoms with Crippen LogP contribution in [-0.2, 0) is 9.53 Å². The van der Waals surface area contributed by atoms with Crippen molar-refractivity contribution in [1.29, 1.82) is 0 Å². The Morgan fingerprint density at radius 1 is 1.15 bits per heavy atom. The van der Waals surface area contributed by atoms with Gasteiger partial charge in [0, 0.05) is 12.0 Å². The second-order valence-electron chi connectivity index (χ2n) is 8.85. The third-order valence-corrected chi connectivity index (χ3v) is 4.98. The van der Waals surface area contributed by atoms with E-state index in [2.05, 4.69) is 20.8 Å². The molecule has 0 amide bonds. The molecule has 0 N–H and O–H groups in total. The maximum Gasteiger partial charge on any atom is 0.350 e. The van der Waals surface area contributed by atoms with Crippen molar-refractivity contribution < 1.29 is 19.1 Å². The molecule has 1 aliphatic carbocycles. The molecule has 0 spiro atoms. The van der Waals surface area contributed by atoms with Gasteiger partial charge in [-0.05, 0) is 68.7 Å². The molecule has 4 heteroatoms. The van der Waals surface area contributed by atoms with Crippen molar-refractivity contribution in [3.63, 3.8) is 0 Å². The van der Waals surface area contributed by atoms with Crippen LogP contribution >= 0.6 is 0 Å². The summed E-state index contributed by atoms with van der Waals surface area (Å²) in [6.45, 7) is 11.9. The Hall–Kier alpha value is -1.84. The highest BCUT2D eigenvalue weighted by atomic mass is 16.6. The zero-order valence-electron chi connectivity index (χ0n) is 16.9. The Labute approximate surface area is 157 Å². The molecule has 1 aromatic rings. The van der Waals surface area contributed by atoms with Crippen LogP contribution in [0, 0.1) is 11.3 Å². The van der Waals surface area contributed by atoms with Gasteiger partial charge in [-0.1, -0.05) is 27.7 Å². The van der Waals surface area contributed by atoms with Gasteiger partial charge in [-0.15, -0.1) is 0 Å². The minimum atomic E-state index is -1.08. The zero-order valence-corrected chi connectivity index (χ0v) is 16.9. The fourth-order valence-corrected chi connectivity index (χ4v) is 3.89. The molecule has 2 atom stereocenters. The van der Waals surface area contributed by atoms with E-state index in [0.29, 0.717) is 23.7 Å². The number of hydrogen-bond donors (Lipinski definition) is 0. The van der Waals surface area contributed by atoms with E-state index in [9.17, 15) is 9.59 Å². The molecule has 0 unspecified atom stereocenters. The van der Waals surface area contributed by atoms with Crippen LogP contribution < -0.4 is 4.74 Å². The topological polar surface area (TPSA) is 52.6 Å². The summed E-state index contributed by atoms with van der Waals surface area (Å²) in [7, 11) is 0. The van der Waals surface area contributed by atoms with Gasteiger partial charge in [-0.3, -0.25) is 4.79 Å². The van der Waals surface area contributed by atoms with Gasteiger partial charge < -0.3 is 9.47 Å². The molecule has 1 fully saturated rings. The molecule has 0 heterocycles. The van der Waals surface area contributed by atoms with Gasteiger partial charge in [0.25, 0.3) is 0 Å². The summed E-state index contributed by atoms with van der Waals surface area (Å²) in [6.07, 6.45) is 3.35. The molecule has 26 heavy (non-hydrogen) atoms. The molecule has 0 aliphatic heterocycles. The van der Waals surface area contributed by atoms with Crippen LogP contribution in [-0.4, -0.2) is 23.5 Å². The molecular formula is C22H32O4. The molecule has 0 saturated heterocycles. The van der Waals surface area contributed by atoms with Crippen molar-refractivity contribution in [3.05, 3.63) is 29.8 Å². The van der Waals surface area contributed by atoms with Crippen LogP contribution in [0.15, 0.2) is 24.3 Å². The predicted molar refractivity (Wildman–Crippen MR) is 102 cm³/mol. The molecule has 1 saturated carbocycles. The number of esters is 1. The average Bonchev–Trinajstić information content (AvgIpc) is 2.52. The van der Waals surface area contributed by atoms with Gasteiger partial charge in [0.1, 0.15) is 11.9 Å². The highest BCUT2D eigenvalue weighted by molar-refractivity contribution is 5.95. The van der Waals surface area contributed by atoms with Crippen molar-refractivity contribution in [2.75, 3.05) is 0 Å². The average molecular weight is 360 g/mol. The van der Waals surface area contributed by atoms with Gasteiger partial charge in [-0.2, -0.15) is 0 Å². The van der Waals surface area contributed by atoms with Crippen molar-refractivity contribution in [1.82, 2.24) is 0 Å². The standard InChI is InChI=1S/C22H32O4/c1-7-19(23)16-8-10-17(11-9-16)26-22(5,6)20(24)25-18-12-15(2)13-21(3,4)14-18/h8-11,15,18H,7,12-14H2,1-6H3/t15-,18+/m1/s1. The van der Waals surface area contributed by atoms with Gasteiger partial charge in [0.05, 0.1) is 0 Å². The first kappa shape index (κ1) is 20.5. The molecule has 0 radical (unpaired) electrons. The van der Waals surface area contributed by atoms with Crippen molar-refractivity contribution >= 4 is 11.8 Å². The summed E-state index contributed by atoms with van der Waals surface area (Å²) in [4.78, 5) is 24.4. The maximum atomic E-state index is 12.7. The molecular weight excluding hydrogens is 328 g/mol. The van der Waals surface area contributed by atoms with Gasteiger partial charge >= 0.3 is 5.97 Å². The minimum Gasteiger partial charge on any atom is -0.476 e. The molecule has 0 aromatic heterocycles. The van der Waals surface area contributed by atoms with Gasteiger partial charge in [0.2, 0.25) is 0 Å². The SMILES string of the molecule is CCC(=O)c1ccc(OC(C)(C)C(=O)O[C@H]2C[C@@H](C)CC(C)(C)C2)cc1. The van der Waals surface area contributed by atoms with E-state index in [-0.39, 0.29) is 23.3 Å². The second kappa shape index (κ2) is 7.81. The van der Waals surface area contributed by atoms with E-state index in [4.69, 9.17) is 9.47 Å². The molecule has 2 rings (SSSR count). The van der Waals surface area contributed by atoms with Crippen LogP contribution in [0.3, 0.4) is 0 Å². The number of hydrogen-bond acceptors (Lipinski definition) is 4. The largest absolute Gasteiger partial charge is 0.476 e. The van der Waals surface area contributed by atoms with E-state index in [0.717, 1.165) is 19.3 Å². The van der Waals surface area contributed by atoms with Crippen LogP contribution in [0.25, 0.3) is 0 Å². The van der Waals surface area contributed by atoms with Crippen LogP contribution in [0.1, 0.15) is 77.6 Å². The predicted octanol–water partition coefficient (Wildman–Crippen LogP) is 5.19. The lowest BCUT2D eigenvalue weighted by Crippen LogP contribution is -2.43. The first-order valence-corrected chi connectivity index (χ1v) is 9.56. The first-order chi connectivity index (χ1) is 12.0. The fraction of sp³-hybridized carbons (Fsp3) is 0.636. The number of carbonyl (C=O) groups is 2. The number of rotatable bonds is 6. The minimum absolute atomic E-state index is 0.0614.